The summed E-state index contributed by atoms with van der Waals surface area (Å²) in [6.07, 6.45) is 2.31. The van der Waals surface area contributed by atoms with Gasteiger partial charge < -0.3 is 15.0 Å². The Kier molecular flexibility index (Phi) is 4.03. The molecule has 7 nitrogen and oxygen atoms in total. The summed E-state index contributed by atoms with van der Waals surface area (Å²) >= 11 is -2.26. The Morgan fingerprint density at radius 3 is 2.50 bits per heavy atom. The molecule has 0 aromatic carbocycles. The number of nitrogens with one attached hydrogen (secondary N) is 1. The molecule has 0 aliphatic carbocycles. The minimum absolute atomic E-state index is 0.468. The third-order valence-corrected chi connectivity index (χ3v) is 3.25. The van der Waals surface area contributed by atoms with Gasteiger partial charge in [0.15, 0.2) is 11.1 Å². The molecule has 1 aliphatic heterocycles. The van der Waals surface area contributed by atoms with Crippen molar-refractivity contribution < 1.29 is 28.4 Å². The van der Waals surface area contributed by atoms with Crippen molar-refractivity contribution in [2.45, 2.75) is 30.9 Å². The Morgan fingerprint density at radius 2 is 2.12 bits per heavy atom. The molecule has 1 aliphatic rings. The zero-order valence-corrected chi connectivity index (χ0v) is 9.56. The Labute approximate surface area is 94.6 Å². The van der Waals surface area contributed by atoms with Gasteiger partial charge in [-0.2, -0.15) is 9.78 Å². The fraction of sp³-hybridized carbons (Fsp3) is 0.625. The maximum atomic E-state index is 11.0. The minimum atomic E-state index is -2.26. The van der Waals surface area contributed by atoms with Gasteiger partial charge in [0.05, 0.1) is 4.75 Å². The normalized spacial score (nSPS) is 20.7. The highest BCUT2D eigenvalue weighted by Gasteiger charge is 2.40. The molecule has 1 saturated heterocycles. The smallest absolute Gasteiger partial charge is 0.327 e. The van der Waals surface area contributed by atoms with E-state index >= 15 is 0 Å². The van der Waals surface area contributed by atoms with Crippen LogP contribution in [-0.4, -0.2) is 36.9 Å². The van der Waals surface area contributed by atoms with E-state index in [0.29, 0.717) is 0 Å². The summed E-state index contributed by atoms with van der Waals surface area (Å²) in [6.45, 7) is 2.76. The first-order valence-corrected chi connectivity index (χ1v) is 5.55. The zero-order valence-electron chi connectivity index (χ0n) is 8.75. The van der Waals surface area contributed by atoms with Gasteiger partial charge in [0.25, 0.3) is 0 Å². The van der Waals surface area contributed by atoms with E-state index in [9.17, 15) is 9.00 Å². The Hall–Kier alpha value is -0.960. The number of hydrogen-bond donors (Lipinski definition) is 3. The maximum Gasteiger partial charge on any atom is 0.327 e. The molecule has 1 heterocycles. The van der Waals surface area contributed by atoms with Gasteiger partial charge in [0, 0.05) is 0 Å². The highest BCUT2D eigenvalue weighted by Crippen LogP contribution is 2.18. The number of carboxylic acid groups (broad SMARTS) is 1. The van der Waals surface area contributed by atoms with Crippen molar-refractivity contribution in [2.75, 3.05) is 0 Å². The second kappa shape index (κ2) is 4.91. The molecule has 3 N–H and O–H groups in total. The lowest BCUT2D eigenvalue weighted by Crippen LogP contribution is -2.52. The fourth-order valence-corrected chi connectivity index (χ4v) is 1.37. The summed E-state index contributed by atoms with van der Waals surface area (Å²) in [4.78, 5) is 19.7. The van der Waals surface area contributed by atoms with Crippen molar-refractivity contribution in [1.82, 2.24) is 5.32 Å². The summed E-state index contributed by atoms with van der Waals surface area (Å²) in [5, 5.41) is 11.5. The summed E-state index contributed by atoms with van der Waals surface area (Å²) in [5.74, 6) is -1.21. The van der Waals surface area contributed by atoms with Gasteiger partial charge in [-0.05, 0) is 26.1 Å². The molecule has 0 saturated carbocycles. The van der Waals surface area contributed by atoms with E-state index in [1.807, 2.05) is 0 Å². The van der Waals surface area contributed by atoms with E-state index in [0.717, 1.165) is 0 Å². The van der Waals surface area contributed by atoms with Crippen molar-refractivity contribution in [1.29, 1.82) is 0 Å². The molecule has 16 heavy (non-hydrogen) atoms. The van der Waals surface area contributed by atoms with Crippen molar-refractivity contribution in [2.24, 2.45) is 0 Å². The second-order valence-electron chi connectivity index (χ2n) is 3.71. The Bertz CT molecular complexity index is 324. The molecule has 0 aromatic heterocycles. The van der Waals surface area contributed by atoms with Gasteiger partial charge >= 0.3 is 5.97 Å². The Morgan fingerprint density at radius 1 is 1.56 bits per heavy atom. The highest BCUT2D eigenvalue weighted by atomic mass is 32.2. The number of carboxylic acids is 1. The average molecular weight is 251 g/mol. The first-order valence-electron chi connectivity index (χ1n) is 4.44. The monoisotopic (exact) mass is 251 g/mol. The molecule has 0 amide bonds. The number of hydrogen-bond acceptors (Lipinski definition) is 5. The van der Waals surface area contributed by atoms with E-state index in [-0.39, 0.29) is 0 Å². The van der Waals surface area contributed by atoms with Crippen molar-refractivity contribution in [3.05, 3.63) is 12.3 Å². The van der Waals surface area contributed by atoms with Crippen LogP contribution >= 0.6 is 0 Å². The largest absolute Gasteiger partial charge is 0.480 e. The van der Waals surface area contributed by atoms with E-state index in [1.165, 1.54) is 26.1 Å². The van der Waals surface area contributed by atoms with Crippen LogP contribution in [0, 0.1) is 0 Å². The van der Waals surface area contributed by atoms with Crippen LogP contribution in [0.15, 0.2) is 12.3 Å². The quantitative estimate of drug-likeness (QED) is 0.341. The lowest BCUT2D eigenvalue weighted by molar-refractivity contribution is -0.139. The number of rotatable bonds is 6. The predicted molar refractivity (Wildman–Crippen MR) is 54.5 cm³/mol. The van der Waals surface area contributed by atoms with Gasteiger partial charge in [0.1, 0.15) is 6.04 Å². The number of carbonyl (C=O) groups is 1. The fourth-order valence-electron chi connectivity index (χ4n) is 0.997. The molecular formula is C8H13NO6S. The highest BCUT2D eigenvalue weighted by molar-refractivity contribution is 7.80. The Balaban J connectivity index is 2.65. The van der Waals surface area contributed by atoms with E-state index in [2.05, 4.69) is 15.1 Å². The molecule has 1 fully saturated rings. The molecule has 8 heteroatoms. The molecule has 2 atom stereocenters. The van der Waals surface area contributed by atoms with Gasteiger partial charge in [-0.1, -0.05) is 0 Å². The van der Waals surface area contributed by atoms with Crippen LogP contribution < -0.4 is 5.32 Å². The van der Waals surface area contributed by atoms with Crippen LogP contribution in [0.4, 0.5) is 0 Å². The van der Waals surface area contributed by atoms with Crippen molar-refractivity contribution in [3.8, 4) is 0 Å². The summed E-state index contributed by atoms with van der Waals surface area (Å²) < 4.78 is 18.7. The van der Waals surface area contributed by atoms with Crippen LogP contribution in [0.5, 0.6) is 0 Å². The maximum absolute atomic E-state index is 11.0. The molecule has 92 valence electrons. The van der Waals surface area contributed by atoms with Crippen LogP contribution in [0.25, 0.3) is 0 Å². The average Bonchev–Trinajstić information content (AvgIpc) is 2.94. The summed E-state index contributed by atoms with van der Waals surface area (Å²) in [6, 6.07) is -1.19. The van der Waals surface area contributed by atoms with Crippen molar-refractivity contribution in [3.63, 3.8) is 0 Å². The molecular weight excluding hydrogens is 238 g/mol. The van der Waals surface area contributed by atoms with Crippen LogP contribution in [-0.2, 0) is 25.7 Å². The van der Waals surface area contributed by atoms with Gasteiger partial charge in [-0.25, -0.2) is 9.00 Å². The van der Waals surface area contributed by atoms with Crippen LogP contribution in [0.3, 0.4) is 0 Å². The molecule has 1 rings (SSSR count). The molecule has 0 radical (unpaired) electrons. The predicted octanol–water partition coefficient (Wildman–Crippen LogP) is -0.169. The molecule has 0 bridgehead atoms. The van der Waals surface area contributed by atoms with Gasteiger partial charge in [0.2, 0.25) is 6.29 Å². The van der Waals surface area contributed by atoms with E-state index < -0.39 is 34.1 Å². The first-order chi connectivity index (χ1) is 7.35. The SMILES string of the molecule is CC(C)([C@@H](N/C=C/C1OO1)C(=O)O)S(=O)O. The lowest BCUT2D eigenvalue weighted by Gasteiger charge is -2.27. The zero-order chi connectivity index (χ0) is 12.3. The van der Waals surface area contributed by atoms with Gasteiger partial charge in [-0.3, -0.25) is 0 Å². The van der Waals surface area contributed by atoms with Crippen LogP contribution in [0.1, 0.15) is 13.8 Å². The summed E-state index contributed by atoms with van der Waals surface area (Å²) in [5.41, 5.74) is 0. The van der Waals surface area contributed by atoms with E-state index in [4.69, 9.17) is 9.66 Å². The van der Waals surface area contributed by atoms with E-state index in [1.54, 1.807) is 0 Å². The van der Waals surface area contributed by atoms with Crippen molar-refractivity contribution >= 4 is 17.0 Å². The third-order valence-electron chi connectivity index (χ3n) is 2.12. The molecule has 0 spiro atoms. The third kappa shape index (κ3) is 3.27. The summed E-state index contributed by atoms with van der Waals surface area (Å²) in [7, 11) is 0. The number of aliphatic carboxylic acids is 1. The lowest BCUT2D eigenvalue weighted by atomic mass is 10.0. The first kappa shape index (κ1) is 13.1. The van der Waals surface area contributed by atoms with Gasteiger partial charge in [-0.15, -0.1) is 0 Å². The topological polar surface area (TPSA) is 112 Å². The molecule has 1 unspecified atom stereocenters. The molecule has 0 aromatic rings. The second-order valence-corrected chi connectivity index (χ2v) is 5.26. The minimum Gasteiger partial charge on any atom is -0.480 e. The standard InChI is InChI=1S/C8H13NO6S/c1-8(2,16(12)13)6(7(10)11)9-4-3-5-14-15-5/h3-6,9H,1-2H3,(H,10,11)(H,12,13)/b4-3+/t6-/m0/s1. The van der Waals surface area contributed by atoms with Crippen LogP contribution in [0.2, 0.25) is 0 Å².